The molecule has 0 saturated carbocycles. The zero-order valence-electron chi connectivity index (χ0n) is 10.9. The first kappa shape index (κ1) is 11.7. The Balaban J connectivity index is 1.98. The molecule has 96 valence electrons. The van der Waals surface area contributed by atoms with Crippen LogP contribution >= 0.6 is 0 Å². The highest BCUT2D eigenvalue weighted by Gasteiger charge is 2.23. The summed E-state index contributed by atoms with van der Waals surface area (Å²) in [6, 6.07) is 9.13. The van der Waals surface area contributed by atoms with Gasteiger partial charge in [0.15, 0.2) is 0 Å². The van der Waals surface area contributed by atoms with Crippen LogP contribution < -0.4 is 5.32 Å². The van der Waals surface area contributed by atoms with Gasteiger partial charge in [-0.3, -0.25) is 0 Å². The Morgan fingerprint density at radius 3 is 3.11 bits per heavy atom. The predicted molar refractivity (Wildman–Crippen MR) is 71.6 cm³/mol. The van der Waals surface area contributed by atoms with Crippen molar-refractivity contribution in [3.05, 3.63) is 30.1 Å². The second-order valence-corrected chi connectivity index (χ2v) is 5.12. The minimum absolute atomic E-state index is 0.337. The molecule has 0 fully saturated rings. The first-order valence-electron chi connectivity index (χ1n) is 6.52. The zero-order valence-corrected chi connectivity index (χ0v) is 10.9. The molecule has 3 rings (SSSR count). The van der Waals surface area contributed by atoms with Gasteiger partial charge in [-0.15, -0.1) is 0 Å². The van der Waals surface area contributed by atoms with Crippen LogP contribution in [-0.2, 0) is 11.3 Å². The molecule has 0 aliphatic carbocycles. The molecule has 1 aliphatic rings. The summed E-state index contributed by atoms with van der Waals surface area (Å²) in [5, 5.41) is 3.48. The fraction of sp³-hybridized carbons (Fsp3) is 0.500. The fourth-order valence-electron chi connectivity index (χ4n) is 2.49. The number of hydrogen-bond donors (Lipinski definition) is 1. The Labute approximate surface area is 107 Å². The summed E-state index contributed by atoms with van der Waals surface area (Å²) in [5.74, 6) is 1.04. The lowest BCUT2D eigenvalue weighted by Crippen LogP contribution is -2.35. The van der Waals surface area contributed by atoms with Gasteiger partial charge in [0, 0.05) is 12.6 Å². The minimum atomic E-state index is 0.337. The van der Waals surface area contributed by atoms with E-state index in [-0.39, 0.29) is 0 Å². The number of fused-ring (bicyclic) bond motifs is 3. The molecule has 1 aromatic carbocycles. The van der Waals surface area contributed by atoms with Gasteiger partial charge in [0.25, 0.3) is 0 Å². The van der Waals surface area contributed by atoms with Crippen molar-refractivity contribution < 1.29 is 4.74 Å². The minimum Gasteiger partial charge on any atom is -0.371 e. The highest BCUT2D eigenvalue weighted by atomic mass is 16.5. The van der Waals surface area contributed by atoms with Crippen LogP contribution in [0, 0.1) is 0 Å². The summed E-state index contributed by atoms with van der Waals surface area (Å²) >= 11 is 0. The highest BCUT2D eigenvalue weighted by molar-refractivity contribution is 5.76. The Hall–Kier alpha value is -1.39. The van der Waals surface area contributed by atoms with Crippen molar-refractivity contribution in [3.8, 4) is 0 Å². The second kappa shape index (κ2) is 4.71. The topological polar surface area (TPSA) is 39.1 Å². The molecule has 4 heteroatoms. The Morgan fingerprint density at radius 1 is 1.44 bits per heavy atom. The monoisotopic (exact) mass is 245 g/mol. The maximum Gasteiger partial charge on any atom is 0.136 e. The quantitative estimate of drug-likeness (QED) is 0.900. The number of ether oxygens (including phenoxy) is 1. The Kier molecular flexibility index (Phi) is 3.06. The van der Waals surface area contributed by atoms with Crippen LogP contribution in [0.2, 0.25) is 0 Å². The lowest BCUT2D eigenvalue weighted by molar-refractivity contribution is 0.0559. The standard InChI is InChI=1S/C14H19N3O/c1-10(2)15-7-11-8-18-9-14-16-12-5-3-4-6-13(12)17(11)14/h3-6,10-11,15H,7-9H2,1-2H3. The number of nitrogens with one attached hydrogen (secondary N) is 1. The van der Waals surface area contributed by atoms with E-state index in [0.29, 0.717) is 18.7 Å². The lowest BCUT2D eigenvalue weighted by atomic mass is 10.2. The molecule has 0 amide bonds. The van der Waals surface area contributed by atoms with Gasteiger partial charge >= 0.3 is 0 Å². The predicted octanol–water partition coefficient (Wildman–Crippen LogP) is 2.11. The lowest BCUT2D eigenvalue weighted by Gasteiger charge is -2.27. The molecule has 18 heavy (non-hydrogen) atoms. The third kappa shape index (κ3) is 2.02. The van der Waals surface area contributed by atoms with Gasteiger partial charge in [0.1, 0.15) is 12.4 Å². The van der Waals surface area contributed by atoms with Gasteiger partial charge < -0.3 is 14.6 Å². The molecule has 0 saturated heterocycles. The van der Waals surface area contributed by atoms with E-state index in [4.69, 9.17) is 4.74 Å². The SMILES string of the molecule is CC(C)NCC1COCc2nc3ccccc3n21. The average Bonchev–Trinajstić information content (AvgIpc) is 2.75. The van der Waals surface area contributed by atoms with E-state index in [2.05, 4.69) is 46.9 Å². The first-order chi connectivity index (χ1) is 8.75. The largest absolute Gasteiger partial charge is 0.371 e. The molecule has 1 aromatic heterocycles. The van der Waals surface area contributed by atoms with Gasteiger partial charge in [-0.05, 0) is 12.1 Å². The first-order valence-corrected chi connectivity index (χ1v) is 6.52. The van der Waals surface area contributed by atoms with Crippen LogP contribution in [0.15, 0.2) is 24.3 Å². The molecule has 0 radical (unpaired) electrons. The summed E-state index contributed by atoms with van der Waals surface area (Å²) < 4.78 is 7.97. The number of rotatable bonds is 3. The number of nitrogens with zero attached hydrogens (tertiary/aromatic N) is 2. The van der Waals surface area contributed by atoms with Gasteiger partial charge in [0.05, 0.1) is 23.7 Å². The summed E-state index contributed by atoms with van der Waals surface area (Å²) in [5.41, 5.74) is 2.28. The van der Waals surface area contributed by atoms with Crippen molar-refractivity contribution in [2.75, 3.05) is 13.2 Å². The molecular weight excluding hydrogens is 226 g/mol. The molecule has 1 atom stereocenters. The summed E-state index contributed by atoms with van der Waals surface area (Å²) in [6.07, 6.45) is 0. The fourth-order valence-corrected chi connectivity index (χ4v) is 2.49. The van der Waals surface area contributed by atoms with Crippen LogP contribution in [0.5, 0.6) is 0 Å². The molecule has 0 spiro atoms. The maximum absolute atomic E-state index is 5.65. The van der Waals surface area contributed by atoms with Gasteiger partial charge in [-0.25, -0.2) is 4.98 Å². The molecule has 1 aliphatic heterocycles. The Bertz CT molecular complexity index is 547. The number of imidazole rings is 1. The number of para-hydroxylation sites is 2. The molecule has 1 unspecified atom stereocenters. The molecular formula is C14H19N3O. The van der Waals surface area contributed by atoms with E-state index < -0.39 is 0 Å². The third-order valence-corrected chi connectivity index (χ3v) is 3.34. The van der Waals surface area contributed by atoms with Gasteiger partial charge in [0.2, 0.25) is 0 Å². The van der Waals surface area contributed by atoms with Crippen LogP contribution in [0.1, 0.15) is 25.7 Å². The van der Waals surface area contributed by atoms with Crippen molar-refractivity contribution in [3.63, 3.8) is 0 Å². The van der Waals surface area contributed by atoms with E-state index in [1.807, 2.05) is 6.07 Å². The van der Waals surface area contributed by atoms with E-state index >= 15 is 0 Å². The normalized spacial score (nSPS) is 19.4. The molecule has 4 nitrogen and oxygen atoms in total. The average molecular weight is 245 g/mol. The van der Waals surface area contributed by atoms with Crippen LogP contribution in [0.4, 0.5) is 0 Å². The van der Waals surface area contributed by atoms with E-state index in [0.717, 1.165) is 24.5 Å². The summed E-state index contributed by atoms with van der Waals surface area (Å²) in [4.78, 5) is 4.64. The van der Waals surface area contributed by atoms with Crippen molar-refractivity contribution in [2.24, 2.45) is 0 Å². The summed E-state index contributed by atoms with van der Waals surface area (Å²) in [6.45, 7) is 6.62. The summed E-state index contributed by atoms with van der Waals surface area (Å²) in [7, 11) is 0. The van der Waals surface area contributed by atoms with Crippen molar-refractivity contribution >= 4 is 11.0 Å². The van der Waals surface area contributed by atoms with Crippen LogP contribution in [-0.4, -0.2) is 28.7 Å². The van der Waals surface area contributed by atoms with Crippen molar-refractivity contribution in [1.82, 2.24) is 14.9 Å². The van der Waals surface area contributed by atoms with E-state index in [9.17, 15) is 0 Å². The smallest absolute Gasteiger partial charge is 0.136 e. The van der Waals surface area contributed by atoms with Crippen LogP contribution in [0.3, 0.4) is 0 Å². The number of benzene rings is 1. The van der Waals surface area contributed by atoms with Crippen LogP contribution in [0.25, 0.3) is 11.0 Å². The van der Waals surface area contributed by atoms with Crippen molar-refractivity contribution in [1.29, 1.82) is 0 Å². The Morgan fingerprint density at radius 2 is 2.28 bits per heavy atom. The number of aromatic nitrogens is 2. The zero-order chi connectivity index (χ0) is 12.5. The van der Waals surface area contributed by atoms with Gasteiger partial charge in [-0.1, -0.05) is 26.0 Å². The highest BCUT2D eigenvalue weighted by Crippen LogP contribution is 2.25. The van der Waals surface area contributed by atoms with E-state index in [1.54, 1.807) is 0 Å². The van der Waals surface area contributed by atoms with Crippen molar-refractivity contribution in [2.45, 2.75) is 32.5 Å². The maximum atomic E-state index is 5.65. The second-order valence-electron chi connectivity index (χ2n) is 5.12. The van der Waals surface area contributed by atoms with Gasteiger partial charge in [-0.2, -0.15) is 0 Å². The third-order valence-electron chi connectivity index (χ3n) is 3.34. The molecule has 2 heterocycles. The molecule has 1 N–H and O–H groups in total. The van der Waals surface area contributed by atoms with E-state index in [1.165, 1.54) is 5.52 Å². The molecule has 0 bridgehead atoms. The number of hydrogen-bond acceptors (Lipinski definition) is 3. The molecule has 2 aromatic rings.